The van der Waals surface area contributed by atoms with Gasteiger partial charge in [0, 0.05) is 24.7 Å². The number of morpholine rings is 1. The highest BCUT2D eigenvalue weighted by molar-refractivity contribution is 4.90. The van der Waals surface area contributed by atoms with E-state index in [2.05, 4.69) is 31.0 Å². The molecule has 0 spiro atoms. The van der Waals surface area contributed by atoms with Crippen molar-refractivity contribution in [1.29, 1.82) is 0 Å². The molecule has 112 valence electrons. The standard InChI is InChI=1S/C16H32N2O/c1-4-17-15-9-7-5-6-8-10-16(15)18-11-14(3)19-12-13(18)2/h13-17H,4-12H2,1-3H3. The van der Waals surface area contributed by atoms with Crippen LogP contribution in [0.4, 0.5) is 0 Å². The molecule has 2 rings (SSSR count). The van der Waals surface area contributed by atoms with Gasteiger partial charge in [-0.2, -0.15) is 0 Å². The lowest BCUT2D eigenvalue weighted by atomic mass is 9.89. The molecule has 0 aromatic carbocycles. The third-order valence-electron chi connectivity index (χ3n) is 4.78. The van der Waals surface area contributed by atoms with E-state index in [1.807, 2.05) is 0 Å². The van der Waals surface area contributed by atoms with Crippen molar-refractivity contribution in [2.24, 2.45) is 0 Å². The highest BCUT2D eigenvalue weighted by atomic mass is 16.5. The summed E-state index contributed by atoms with van der Waals surface area (Å²) in [6.45, 7) is 9.87. The van der Waals surface area contributed by atoms with E-state index >= 15 is 0 Å². The minimum atomic E-state index is 0.393. The predicted molar refractivity (Wildman–Crippen MR) is 80.5 cm³/mol. The van der Waals surface area contributed by atoms with E-state index in [1.165, 1.54) is 38.5 Å². The lowest BCUT2D eigenvalue weighted by Crippen LogP contribution is -2.58. The number of nitrogens with one attached hydrogen (secondary N) is 1. The number of rotatable bonds is 3. The van der Waals surface area contributed by atoms with Gasteiger partial charge in [0.05, 0.1) is 12.7 Å². The first-order valence-electron chi connectivity index (χ1n) is 8.33. The molecule has 1 heterocycles. The fourth-order valence-electron chi connectivity index (χ4n) is 3.75. The number of ether oxygens (including phenoxy) is 1. The molecule has 0 bridgehead atoms. The van der Waals surface area contributed by atoms with Crippen molar-refractivity contribution in [2.45, 2.75) is 83.5 Å². The lowest BCUT2D eigenvalue weighted by molar-refractivity contribution is -0.0741. The van der Waals surface area contributed by atoms with Crippen LogP contribution in [0.5, 0.6) is 0 Å². The van der Waals surface area contributed by atoms with E-state index in [4.69, 9.17) is 4.74 Å². The molecular weight excluding hydrogens is 236 g/mol. The maximum absolute atomic E-state index is 5.80. The Balaban J connectivity index is 2.05. The van der Waals surface area contributed by atoms with Crippen LogP contribution in [0.25, 0.3) is 0 Å². The Labute approximate surface area is 119 Å². The molecule has 3 heteroatoms. The summed E-state index contributed by atoms with van der Waals surface area (Å²) in [7, 11) is 0. The van der Waals surface area contributed by atoms with Gasteiger partial charge < -0.3 is 10.1 Å². The molecule has 4 atom stereocenters. The molecule has 4 unspecified atom stereocenters. The SMILES string of the molecule is CCNC1CCCCCCC1N1CC(C)OCC1C. The molecule has 3 nitrogen and oxygen atoms in total. The van der Waals surface area contributed by atoms with Crippen molar-refractivity contribution in [2.75, 3.05) is 19.7 Å². The fraction of sp³-hybridized carbons (Fsp3) is 1.00. The normalized spacial score (nSPS) is 38.7. The van der Waals surface area contributed by atoms with Gasteiger partial charge in [-0.25, -0.2) is 0 Å². The van der Waals surface area contributed by atoms with Crippen molar-refractivity contribution >= 4 is 0 Å². The lowest BCUT2D eigenvalue weighted by Gasteiger charge is -2.45. The predicted octanol–water partition coefficient (Wildman–Crippen LogP) is 2.80. The maximum Gasteiger partial charge on any atom is 0.0674 e. The summed E-state index contributed by atoms with van der Waals surface area (Å²) in [6.07, 6.45) is 8.72. The van der Waals surface area contributed by atoms with Gasteiger partial charge in [0.15, 0.2) is 0 Å². The quantitative estimate of drug-likeness (QED) is 0.852. The molecule has 1 aliphatic carbocycles. The van der Waals surface area contributed by atoms with Crippen LogP contribution in [0.15, 0.2) is 0 Å². The van der Waals surface area contributed by atoms with Crippen molar-refractivity contribution in [3.63, 3.8) is 0 Å². The summed E-state index contributed by atoms with van der Waals surface area (Å²) >= 11 is 0. The topological polar surface area (TPSA) is 24.5 Å². The minimum Gasteiger partial charge on any atom is -0.376 e. The van der Waals surface area contributed by atoms with Gasteiger partial charge in [-0.1, -0.05) is 32.6 Å². The number of nitrogens with zero attached hydrogens (tertiary/aromatic N) is 1. The van der Waals surface area contributed by atoms with E-state index < -0.39 is 0 Å². The van der Waals surface area contributed by atoms with Crippen LogP contribution >= 0.6 is 0 Å². The average Bonchev–Trinajstić information content (AvgIpc) is 2.37. The van der Waals surface area contributed by atoms with E-state index in [1.54, 1.807) is 0 Å². The van der Waals surface area contributed by atoms with Gasteiger partial charge >= 0.3 is 0 Å². The summed E-state index contributed by atoms with van der Waals surface area (Å²) in [4.78, 5) is 2.73. The third-order valence-corrected chi connectivity index (χ3v) is 4.78. The Morgan fingerprint density at radius 1 is 1.11 bits per heavy atom. The fourth-order valence-corrected chi connectivity index (χ4v) is 3.75. The Hall–Kier alpha value is -0.120. The second-order valence-electron chi connectivity index (χ2n) is 6.41. The molecule has 0 aromatic heterocycles. The Bertz CT molecular complexity index is 259. The summed E-state index contributed by atoms with van der Waals surface area (Å²) in [5, 5.41) is 3.75. The van der Waals surface area contributed by atoms with Gasteiger partial charge in [-0.05, 0) is 33.2 Å². The van der Waals surface area contributed by atoms with Gasteiger partial charge in [-0.3, -0.25) is 4.90 Å². The van der Waals surface area contributed by atoms with Gasteiger partial charge in [0.25, 0.3) is 0 Å². The van der Waals surface area contributed by atoms with E-state index in [0.717, 1.165) is 19.7 Å². The van der Waals surface area contributed by atoms with Crippen molar-refractivity contribution < 1.29 is 4.74 Å². The molecule has 19 heavy (non-hydrogen) atoms. The average molecular weight is 268 g/mol. The monoisotopic (exact) mass is 268 g/mol. The first kappa shape index (κ1) is 15.3. The molecule has 2 fully saturated rings. The van der Waals surface area contributed by atoms with Crippen molar-refractivity contribution in [3.8, 4) is 0 Å². The van der Waals surface area contributed by atoms with Gasteiger partial charge in [0.1, 0.15) is 0 Å². The molecule has 1 saturated heterocycles. The Morgan fingerprint density at radius 2 is 1.84 bits per heavy atom. The van der Waals surface area contributed by atoms with Gasteiger partial charge in [0.2, 0.25) is 0 Å². The summed E-state index contributed by atoms with van der Waals surface area (Å²) in [5.41, 5.74) is 0. The highest BCUT2D eigenvalue weighted by Crippen LogP contribution is 2.26. The Morgan fingerprint density at radius 3 is 2.58 bits per heavy atom. The second-order valence-corrected chi connectivity index (χ2v) is 6.41. The van der Waals surface area contributed by atoms with Gasteiger partial charge in [-0.15, -0.1) is 0 Å². The highest BCUT2D eigenvalue weighted by Gasteiger charge is 2.34. The molecule has 2 aliphatic rings. The third kappa shape index (κ3) is 4.17. The number of hydrogen-bond donors (Lipinski definition) is 1. The molecule has 0 radical (unpaired) electrons. The summed E-state index contributed by atoms with van der Waals surface area (Å²) in [5.74, 6) is 0. The van der Waals surface area contributed by atoms with Crippen LogP contribution in [0.2, 0.25) is 0 Å². The Kier molecular flexibility index (Phi) is 6.11. The van der Waals surface area contributed by atoms with Crippen LogP contribution in [0, 0.1) is 0 Å². The minimum absolute atomic E-state index is 0.393. The van der Waals surface area contributed by atoms with Crippen LogP contribution in [0.1, 0.15) is 59.3 Å². The van der Waals surface area contributed by atoms with Crippen LogP contribution < -0.4 is 5.32 Å². The zero-order valence-corrected chi connectivity index (χ0v) is 13.0. The summed E-state index contributed by atoms with van der Waals surface area (Å²) in [6, 6.07) is 1.96. The molecule has 0 aromatic rings. The molecule has 0 amide bonds. The maximum atomic E-state index is 5.80. The summed E-state index contributed by atoms with van der Waals surface area (Å²) < 4.78 is 5.80. The van der Waals surface area contributed by atoms with Crippen LogP contribution in [-0.4, -0.2) is 48.8 Å². The first-order valence-corrected chi connectivity index (χ1v) is 8.33. The molecular formula is C16H32N2O. The zero-order valence-electron chi connectivity index (χ0n) is 13.0. The molecule has 1 saturated carbocycles. The second kappa shape index (κ2) is 7.61. The first-order chi connectivity index (χ1) is 9.22. The van der Waals surface area contributed by atoms with E-state index in [9.17, 15) is 0 Å². The van der Waals surface area contributed by atoms with Crippen molar-refractivity contribution in [3.05, 3.63) is 0 Å². The number of likely N-dealkylation sites (N-methyl/N-ethyl adjacent to an activating group) is 1. The smallest absolute Gasteiger partial charge is 0.0674 e. The molecule has 1 N–H and O–H groups in total. The van der Waals surface area contributed by atoms with Crippen LogP contribution in [-0.2, 0) is 4.74 Å². The zero-order chi connectivity index (χ0) is 13.7. The van der Waals surface area contributed by atoms with E-state index in [0.29, 0.717) is 24.2 Å². The number of hydrogen-bond acceptors (Lipinski definition) is 3. The van der Waals surface area contributed by atoms with Crippen LogP contribution in [0.3, 0.4) is 0 Å². The largest absolute Gasteiger partial charge is 0.376 e. The van der Waals surface area contributed by atoms with E-state index in [-0.39, 0.29) is 0 Å². The van der Waals surface area contributed by atoms with Crippen molar-refractivity contribution in [1.82, 2.24) is 10.2 Å². The molecule has 1 aliphatic heterocycles.